The summed E-state index contributed by atoms with van der Waals surface area (Å²) >= 11 is 6.05. The van der Waals surface area contributed by atoms with Crippen LogP contribution in [0.15, 0.2) is 54.6 Å². The third-order valence-corrected chi connectivity index (χ3v) is 6.16. The number of benzene rings is 2. The highest BCUT2D eigenvalue weighted by molar-refractivity contribution is 6.30. The van der Waals surface area contributed by atoms with Crippen molar-refractivity contribution in [3.63, 3.8) is 0 Å². The number of nitrogens with zero attached hydrogens (tertiary/aromatic N) is 2. The fraction of sp³-hybridized carbons (Fsp3) is 0.423. The molecule has 0 fully saturated rings. The van der Waals surface area contributed by atoms with Gasteiger partial charge < -0.3 is 15.3 Å². The molecule has 0 unspecified atom stereocenters. The van der Waals surface area contributed by atoms with E-state index in [-0.39, 0.29) is 0 Å². The molecule has 4 nitrogen and oxygen atoms in total. The third kappa shape index (κ3) is 6.50. The van der Waals surface area contributed by atoms with Crippen LogP contribution in [-0.2, 0) is 0 Å². The zero-order chi connectivity index (χ0) is 22.2. The van der Waals surface area contributed by atoms with Crippen LogP contribution in [-0.4, -0.2) is 47.2 Å². The quantitative estimate of drug-likeness (QED) is 0.403. The number of pyridine rings is 1. The van der Waals surface area contributed by atoms with Gasteiger partial charge in [-0.2, -0.15) is 0 Å². The fourth-order valence-corrected chi connectivity index (χ4v) is 4.06. The maximum absolute atomic E-state index is 11.1. The van der Waals surface area contributed by atoms with E-state index in [1.165, 1.54) is 0 Å². The molecule has 3 aromatic rings. The number of aliphatic hydroxyl groups excluding tert-OH is 1. The van der Waals surface area contributed by atoms with Crippen molar-refractivity contribution >= 4 is 22.5 Å². The summed E-state index contributed by atoms with van der Waals surface area (Å²) in [6.07, 6.45) is 1.64. The summed E-state index contributed by atoms with van der Waals surface area (Å²) in [5.74, 6) is 0. The molecule has 0 saturated carbocycles. The normalized spacial score (nSPS) is 13.6. The first kappa shape index (κ1) is 23.7. The number of aromatic nitrogens is 1. The summed E-state index contributed by atoms with van der Waals surface area (Å²) in [6.45, 7) is 10.4. The lowest BCUT2D eigenvalue weighted by Crippen LogP contribution is -2.32. The second-order valence-electron chi connectivity index (χ2n) is 8.11. The third-order valence-electron chi connectivity index (χ3n) is 5.91. The minimum Gasteiger partial charge on any atom is -0.387 e. The van der Waals surface area contributed by atoms with E-state index in [1.807, 2.05) is 54.6 Å². The van der Waals surface area contributed by atoms with E-state index in [4.69, 9.17) is 16.6 Å². The van der Waals surface area contributed by atoms with E-state index in [9.17, 15) is 5.11 Å². The molecule has 3 rings (SSSR count). The molecule has 0 aliphatic rings. The molecule has 1 aromatic heterocycles. The summed E-state index contributed by atoms with van der Waals surface area (Å²) in [6, 6.07) is 18.0. The van der Waals surface area contributed by atoms with E-state index < -0.39 is 6.10 Å². The number of nitrogens with one attached hydrogen (secondary N) is 1. The molecule has 2 aromatic carbocycles. The molecule has 31 heavy (non-hydrogen) atoms. The zero-order valence-electron chi connectivity index (χ0n) is 18.8. The van der Waals surface area contributed by atoms with Crippen molar-refractivity contribution in [2.24, 2.45) is 0 Å². The standard InChI is InChI=1S/C26H34ClN3O/c1-4-30(5-2)16-8-9-19(3)28-18-26(31)23-17-25(20-12-14-21(27)15-13-20)29-24-11-7-6-10-22(23)24/h6-7,10-15,17,19,26,28,31H,4-5,8-9,16,18H2,1-3H3/t19-,26+/m1/s1. The summed E-state index contributed by atoms with van der Waals surface area (Å²) < 4.78 is 0. The first-order valence-electron chi connectivity index (χ1n) is 11.3. The van der Waals surface area contributed by atoms with Crippen molar-refractivity contribution in [1.82, 2.24) is 15.2 Å². The summed E-state index contributed by atoms with van der Waals surface area (Å²) in [5, 5.41) is 16.3. The largest absolute Gasteiger partial charge is 0.387 e. The Morgan fingerprint density at radius 1 is 1.06 bits per heavy atom. The molecule has 0 bridgehead atoms. The summed E-state index contributed by atoms with van der Waals surface area (Å²) in [7, 11) is 0. The minimum absolute atomic E-state index is 0.356. The van der Waals surface area contributed by atoms with Crippen molar-refractivity contribution in [2.45, 2.75) is 45.8 Å². The van der Waals surface area contributed by atoms with E-state index in [0.29, 0.717) is 17.6 Å². The van der Waals surface area contributed by atoms with Crippen LogP contribution in [0.25, 0.3) is 22.2 Å². The van der Waals surface area contributed by atoms with Crippen molar-refractivity contribution in [2.75, 3.05) is 26.2 Å². The highest BCUT2D eigenvalue weighted by atomic mass is 35.5. The number of para-hydroxylation sites is 1. The molecule has 0 radical (unpaired) electrons. The zero-order valence-corrected chi connectivity index (χ0v) is 19.6. The summed E-state index contributed by atoms with van der Waals surface area (Å²) in [4.78, 5) is 7.25. The molecule has 0 aliphatic heterocycles. The molecule has 166 valence electrons. The Labute approximate surface area is 191 Å². The summed E-state index contributed by atoms with van der Waals surface area (Å²) in [5.41, 5.74) is 3.62. The van der Waals surface area contributed by atoms with Crippen molar-refractivity contribution < 1.29 is 5.11 Å². The average molecular weight is 440 g/mol. The van der Waals surface area contributed by atoms with Crippen LogP contribution in [0.2, 0.25) is 5.02 Å². The lowest BCUT2D eigenvalue weighted by atomic mass is 10.00. The predicted octanol–water partition coefficient (Wildman–Crippen LogP) is 5.69. The second-order valence-corrected chi connectivity index (χ2v) is 8.55. The lowest BCUT2D eigenvalue weighted by Gasteiger charge is -2.21. The Bertz CT molecular complexity index is 957. The highest BCUT2D eigenvalue weighted by Crippen LogP contribution is 2.29. The molecule has 1 heterocycles. The van der Waals surface area contributed by atoms with Crippen molar-refractivity contribution in [3.8, 4) is 11.3 Å². The maximum Gasteiger partial charge on any atom is 0.0921 e. The topological polar surface area (TPSA) is 48.4 Å². The Balaban J connectivity index is 1.71. The van der Waals surface area contributed by atoms with E-state index in [0.717, 1.165) is 60.2 Å². The van der Waals surface area contributed by atoms with Crippen LogP contribution in [0.5, 0.6) is 0 Å². The van der Waals surface area contributed by atoms with Gasteiger partial charge in [-0.1, -0.05) is 55.8 Å². The number of fused-ring (bicyclic) bond motifs is 1. The van der Waals surface area contributed by atoms with Crippen molar-refractivity contribution in [1.29, 1.82) is 0 Å². The number of hydrogen-bond acceptors (Lipinski definition) is 4. The van der Waals surface area contributed by atoms with Crippen molar-refractivity contribution in [3.05, 3.63) is 65.2 Å². The van der Waals surface area contributed by atoms with Gasteiger partial charge in [-0.25, -0.2) is 4.98 Å². The van der Waals surface area contributed by atoms with Gasteiger partial charge >= 0.3 is 0 Å². The molecule has 2 N–H and O–H groups in total. The number of hydrogen-bond donors (Lipinski definition) is 2. The number of aliphatic hydroxyl groups is 1. The van der Waals surface area contributed by atoms with Gasteiger partial charge in [0.1, 0.15) is 0 Å². The molecular formula is C26H34ClN3O. The van der Waals surface area contributed by atoms with Crippen LogP contribution < -0.4 is 5.32 Å². The van der Waals surface area contributed by atoms with E-state index in [1.54, 1.807) is 0 Å². The number of rotatable bonds is 11. The first-order chi connectivity index (χ1) is 15.0. The molecule has 0 spiro atoms. The molecule has 2 atom stereocenters. The van der Waals surface area contributed by atoms with Gasteiger partial charge in [-0.3, -0.25) is 0 Å². The van der Waals surface area contributed by atoms with Gasteiger partial charge in [0, 0.05) is 28.6 Å². The van der Waals surface area contributed by atoms with Gasteiger partial charge in [0.15, 0.2) is 0 Å². The predicted molar refractivity (Wildman–Crippen MR) is 132 cm³/mol. The van der Waals surface area contributed by atoms with E-state index in [2.05, 4.69) is 31.0 Å². The smallest absolute Gasteiger partial charge is 0.0921 e. The Morgan fingerprint density at radius 3 is 2.48 bits per heavy atom. The Kier molecular flexibility index (Phi) is 8.85. The molecule has 0 amide bonds. The maximum atomic E-state index is 11.1. The lowest BCUT2D eigenvalue weighted by molar-refractivity contribution is 0.170. The fourth-order valence-electron chi connectivity index (χ4n) is 3.93. The second kappa shape index (κ2) is 11.6. The van der Waals surface area contributed by atoms with Crippen LogP contribution in [0.3, 0.4) is 0 Å². The van der Waals surface area contributed by atoms with Crippen LogP contribution in [0.4, 0.5) is 0 Å². The molecule has 0 aliphatic carbocycles. The van der Waals surface area contributed by atoms with Gasteiger partial charge in [-0.15, -0.1) is 0 Å². The van der Waals surface area contributed by atoms with Crippen LogP contribution in [0, 0.1) is 0 Å². The molecule has 5 heteroatoms. The van der Waals surface area contributed by atoms with E-state index >= 15 is 0 Å². The first-order valence-corrected chi connectivity index (χ1v) is 11.7. The highest BCUT2D eigenvalue weighted by Gasteiger charge is 2.16. The van der Waals surface area contributed by atoms with Gasteiger partial charge in [0.2, 0.25) is 0 Å². The number of halogens is 1. The minimum atomic E-state index is -0.607. The average Bonchev–Trinajstić information content (AvgIpc) is 2.80. The van der Waals surface area contributed by atoms with Gasteiger partial charge in [-0.05, 0) is 69.2 Å². The van der Waals surface area contributed by atoms with Crippen LogP contribution >= 0.6 is 11.6 Å². The monoisotopic (exact) mass is 439 g/mol. The molecular weight excluding hydrogens is 406 g/mol. The Morgan fingerprint density at radius 2 is 1.77 bits per heavy atom. The Hall–Kier alpha value is -1.98. The van der Waals surface area contributed by atoms with Crippen LogP contribution in [0.1, 0.15) is 45.3 Å². The van der Waals surface area contributed by atoms with Gasteiger partial charge in [0.05, 0.1) is 17.3 Å². The molecule has 0 saturated heterocycles. The SMILES string of the molecule is CCN(CC)CCC[C@@H](C)NC[C@H](O)c1cc(-c2ccc(Cl)cc2)nc2ccccc12. The van der Waals surface area contributed by atoms with Gasteiger partial charge in [0.25, 0.3) is 0 Å².